The van der Waals surface area contributed by atoms with Gasteiger partial charge in [-0.25, -0.2) is 0 Å². The predicted octanol–water partition coefficient (Wildman–Crippen LogP) is 4.68. The maximum absolute atomic E-state index is 13.3. The number of carbonyl (C=O) groups is 1. The van der Waals surface area contributed by atoms with Gasteiger partial charge in [0.25, 0.3) is 0 Å². The molecule has 1 unspecified atom stereocenters. The van der Waals surface area contributed by atoms with Crippen LogP contribution in [0.1, 0.15) is 18.4 Å². The number of carbonyl (C=O) groups excluding carboxylic acids is 1. The molecule has 4 aromatic rings. The molecule has 32 heavy (non-hydrogen) atoms. The molecule has 0 N–H and O–H groups in total. The van der Waals surface area contributed by atoms with Crippen LogP contribution < -0.4 is 4.90 Å². The average molecular weight is 442 g/mol. The fraction of sp³-hybridized carbons (Fsp3) is 0.200. The Morgan fingerprint density at radius 3 is 2.47 bits per heavy atom. The molecule has 160 valence electrons. The second-order valence-electron chi connectivity index (χ2n) is 7.69. The van der Waals surface area contributed by atoms with E-state index in [1.54, 1.807) is 12.4 Å². The van der Waals surface area contributed by atoms with Gasteiger partial charge in [0.1, 0.15) is 0 Å². The molecule has 1 atom stereocenters. The Kier molecular flexibility index (Phi) is 5.98. The summed E-state index contributed by atoms with van der Waals surface area (Å²) >= 11 is 1.51. The van der Waals surface area contributed by atoms with Crippen LogP contribution in [0.2, 0.25) is 0 Å². The Balaban J connectivity index is 1.45. The molecule has 0 saturated carbocycles. The van der Waals surface area contributed by atoms with Crippen molar-refractivity contribution in [1.29, 1.82) is 0 Å². The number of nitrogens with zero attached hydrogens (tertiary/aromatic N) is 5. The minimum atomic E-state index is -0.190. The molecule has 3 heterocycles. The van der Waals surface area contributed by atoms with E-state index >= 15 is 0 Å². The Hall–Kier alpha value is -3.45. The zero-order valence-electron chi connectivity index (χ0n) is 17.5. The maximum Gasteiger partial charge on any atom is 0.240 e. The summed E-state index contributed by atoms with van der Waals surface area (Å²) in [5.74, 6) is 0.886. The second-order valence-corrected chi connectivity index (χ2v) is 8.86. The normalized spacial score (nSPS) is 16.3. The minimum Gasteiger partial charge on any atom is -0.311 e. The lowest BCUT2D eigenvalue weighted by Crippen LogP contribution is -2.43. The monoisotopic (exact) mass is 441 g/mol. The van der Waals surface area contributed by atoms with Crippen molar-refractivity contribution in [3.63, 3.8) is 0 Å². The molecule has 1 aliphatic heterocycles. The van der Waals surface area contributed by atoms with Gasteiger partial charge < -0.3 is 4.90 Å². The summed E-state index contributed by atoms with van der Waals surface area (Å²) in [4.78, 5) is 19.4. The van der Waals surface area contributed by atoms with Crippen molar-refractivity contribution in [2.45, 2.75) is 29.8 Å². The van der Waals surface area contributed by atoms with Crippen LogP contribution >= 0.6 is 11.8 Å². The van der Waals surface area contributed by atoms with E-state index in [9.17, 15) is 4.79 Å². The molecular formula is C25H23N5OS. The highest BCUT2D eigenvalue weighted by atomic mass is 32.2. The maximum atomic E-state index is 13.3. The zero-order chi connectivity index (χ0) is 21.8. The van der Waals surface area contributed by atoms with Crippen molar-refractivity contribution < 1.29 is 4.79 Å². The fourth-order valence-corrected chi connectivity index (χ4v) is 5.07. The van der Waals surface area contributed by atoms with Crippen LogP contribution in [0.25, 0.3) is 11.4 Å². The molecule has 1 fully saturated rings. The first-order chi connectivity index (χ1) is 15.8. The van der Waals surface area contributed by atoms with Gasteiger partial charge >= 0.3 is 0 Å². The highest BCUT2D eigenvalue weighted by Crippen LogP contribution is 2.33. The first-order valence-electron chi connectivity index (χ1n) is 10.7. The number of aromatic nitrogens is 4. The number of para-hydroxylation sites is 1. The number of amides is 1. The first-order valence-corrected chi connectivity index (χ1v) is 11.6. The molecule has 2 aromatic carbocycles. The highest BCUT2D eigenvalue weighted by Gasteiger charge is 2.32. The third-order valence-corrected chi connectivity index (χ3v) is 6.76. The lowest BCUT2D eigenvalue weighted by molar-refractivity contribution is -0.119. The van der Waals surface area contributed by atoms with Crippen LogP contribution in [-0.2, 0) is 11.3 Å². The van der Waals surface area contributed by atoms with Gasteiger partial charge in [-0.1, -0.05) is 60.3 Å². The van der Waals surface area contributed by atoms with Crippen molar-refractivity contribution in [3.05, 3.63) is 90.8 Å². The lowest BCUT2D eigenvalue weighted by Gasteiger charge is -2.31. The smallest absolute Gasteiger partial charge is 0.240 e. The SMILES string of the molecule is O=C1C(Sc2nnc(-c3cccnc3)n2Cc2ccccc2)CCCN1c1ccccc1. The summed E-state index contributed by atoms with van der Waals surface area (Å²) in [6, 6.07) is 24.0. The van der Waals surface area contributed by atoms with Crippen molar-refractivity contribution in [1.82, 2.24) is 19.7 Å². The van der Waals surface area contributed by atoms with Crippen LogP contribution in [0.5, 0.6) is 0 Å². The molecule has 0 radical (unpaired) electrons. The highest BCUT2D eigenvalue weighted by molar-refractivity contribution is 8.00. The molecule has 0 bridgehead atoms. The predicted molar refractivity (Wildman–Crippen MR) is 126 cm³/mol. The number of hydrogen-bond donors (Lipinski definition) is 0. The Bertz CT molecular complexity index is 1180. The van der Waals surface area contributed by atoms with E-state index in [1.165, 1.54) is 11.8 Å². The topological polar surface area (TPSA) is 63.9 Å². The van der Waals surface area contributed by atoms with Crippen LogP contribution in [0.3, 0.4) is 0 Å². The van der Waals surface area contributed by atoms with Crippen LogP contribution in [0.4, 0.5) is 5.69 Å². The quantitative estimate of drug-likeness (QED) is 0.435. The number of anilines is 1. The van der Waals surface area contributed by atoms with Crippen LogP contribution in [-0.4, -0.2) is 37.5 Å². The Morgan fingerprint density at radius 1 is 0.938 bits per heavy atom. The Labute approximate surface area is 191 Å². The van der Waals surface area contributed by atoms with Gasteiger partial charge in [0, 0.05) is 30.2 Å². The van der Waals surface area contributed by atoms with Gasteiger partial charge in [0.05, 0.1) is 11.8 Å². The summed E-state index contributed by atoms with van der Waals surface area (Å²) in [6.45, 7) is 1.38. The van der Waals surface area contributed by atoms with Gasteiger partial charge in [0.2, 0.25) is 5.91 Å². The summed E-state index contributed by atoms with van der Waals surface area (Å²) in [5.41, 5.74) is 3.01. The standard InChI is InChI=1S/C25H23N5OS/c31-24-22(14-8-16-29(24)21-12-5-2-6-13-21)32-25-28-27-23(20-11-7-15-26-17-20)30(25)18-19-9-3-1-4-10-19/h1-7,9-13,15,17,22H,8,14,16,18H2. The molecule has 0 aliphatic carbocycles. The fourth-order valence-electron chi connectivity index (χ4n) is 3.94. The van der Waals surface area contributed by atoms with Crippen molar-refractivity contribution in [2.75, 3.05) is 11.4 Å². The van der Waals surface area contributed by atoms with E-state index in [-0.39, 0.29) is 11.2 Å². The number of benzene rings is 2. The van der Waals surface area contributed by atoms with Crippen LogP contribution in [0.15, 0.2) is 90.3 Å². The molecule has 1 saturated heterocycles. The largest absolute Gasteiger partial charge is 0.311 e. The van der Waals surface area contributed by atoms with E-state index in [0.29, 0.717) is 6.54 Å². The van der Waals surface area contributed by atoms with E-state index in [0.717, 1.165) is 47.2 Å². The molecule has 6 nitrogen and oxygen atoms in total. The average Bonchev–Trinajstić information content (AvgIpc) is 3.24. The number of piperidine rings is 1. The second kappa shape index (κ2) is 9.36. The van der Waals surface area contributed by atoms with E-state index in [2.05, 4.69) is 31.9 Å². The molecule has 1 amide bonds. The van der Waals surface area contributed by atoms with Gasteiger partial charge in [0.15, 0.2) is 11.0 Å². The van der Waals surface area contributed by atoms with E-state index in [4.69, 9.17) is 0 Å². The first kappa shape index (κ1) is 20.5. The molecule has 1 aliphatic rings. The van der Waals surface area contributed by atoms with Crippen molar-refractivity contribution >= 4 is 23.4 Å². The van der Waals surface area contributed by atoms with Crippen LogP contribution in [0, 0.1) is 0 Å². The minimum absolute atomic E-state index is 0.129. The number of rotatable bonds is 6. The van der Waals surface area contributed by atoms with Gasteiger partial charge in [-0.15, -0.1) is 10.2 Å². The van der Waals surface area contributed by atoms with Crippen molar-refractivity contribution in [2.24, 2.45) is 0 Å². The van der Waals surface area contributed by atoms with E-state index < -0.39 is 0 Å². The molecule has 2 aromatic heterocycles. The lowest BCUT2D eigenvalue weighted by atomic mass is 10.1. The Morgan fingerprint density at radius 2 is 1.72 bits per heavy atom. The summed E-state index contributed by atoms with van der Waals surface area (Å²) in [7, 11) is 0. The summed E-state index contributed by atoms with van der Waals surface area (Å²) in [6.07, 6.45) is 5.33. The van der Waals surface area contributed by atoms with Gasteiger partial charge in [-0.05, 0) is 42.7 Å². The molecule has 5 rings (SSSR count). The van der Waals surface area contributed by atoms with E-state index in [1.807, 2.05) is 65.6 Å². The van der Waals surface area contributed by atoms with Gasteiger partial charge in [-0.2, -0.15) is 0 Å². The molecule has 0 spiro atoms. The summed E-state index contributed by atoms with van der Waals surface area (Å²) in [5, 5.41) is 9.53. The number of pyridine rings is 1. The zero-order valence-corrected chi connectivity index (χ0v) is 18.4. The third-order valence-electron chi connectivity index (χ3n) is 5.53. The summed E-state index contributed by atoms with van der Waals surface area (Å²) < 4.78 is 2.09. The van der Waals surface area contributed by atoms with Crippen molar-refractivity contribution in [3.8, 4) is 11.4 Å². The molecule has 7 heteroatoms. The molecular weight excluding hydrogens is 418 g/mol. The number of thioether (sulfide) groups is 1. The number of hydrogen-bond acceptors (Lipinski definition) is 5. The third kappa shape index (κ3) is 4.29. The van der Waals surface area contributed by atoms with Gasteiger partial charge in [-0.3, -0.25) is 14.3 Å².